The molecule has 1 aromatic heterocycles. The van der Waals surface area contributed by atoms with E-state index in [1.807, 2.05) is 60.8 Å². The van der Waals surface area contributed by atoms with Crippen LogP contribution in [0.25, 0.3) is 11.1 Å². The number of carbonyl (C=O) groups excluding carboxylic acids is 1. The molecular weight excluding hydrogens is 446 g/mol. The summed E-state index contributed by atoms with van der Waals surface area (Å²) in [5.74, 6) is -0.288. The van der Waals surface area contributed by atoms with Crippen LogP contribution in [0.3, 0.4) is 0 Å². The number of carbonyl (C=O) groups is 2. The molecule has 5 nitrogen and oxygen atoms in total. The molecule has 0 aliphatic rings. The van der Waals surface area contributed by atoms with Crippen LogP contribution in [0.15, 0.2) is 65.4 Å². The molecule has 0 fully saturated rings. The van der Waals surface area contributed by atoms with E-state index in [0.29, 0.717) is 30.8 Å². The number of rotatable bonds is 13. The highest BCUT2D eigenvalue weighted by Gasteiger charge is 2.22. The van der Waals surface area contributed by atoms with Crippen LogP contribution in [0.2, 0.25) is 0 Å². The monoisotopic (exact) mass is 480 g/mol. The number of carboxylic acid groups (broad SMARTS) is 1. The molecule has 0 bridgehead atoms. The van der Waals surface area contributed by atoms with E-state index in [4.69, 9.17) is 11.2 Å². The summed E-state index contributed by atoms with van der Waals surface area (Å²) in [5, 5.41) is 12.9. The zero-order chi connectivity index (χ0) is 25.3. The highest BCUT2D eigenvalue weighted by atomic mass is 32.1. The third-order valence-corrected chi connectivity index (χ3v) is 6.48. The molecule has 1 unspecified atom stereocenters. The number of ether oxygens (including phenoxy) is 1. The first-order valence-corrected chi connectivity index (χ1v) is 12.6. The lowest BCUT2D eigenvalue weighted by Crippen LogP contribution is -2.37. The van der Waals surface area contributed by atoms with Gasteiger partial charge in [0.25, 0.3) is 5.91 Å². The molecule has 1 amide bonds. The lowest BCUT2D eigenvalue weighted by atomic mass is 10.0. The fraction of sp³-hybridized carbons (Fsp3) is 0.357. The Morgan fingerprint density at radius 2 is 1.82 bits per heavy atom. The predicted molar refractivity (Wildman–Crippen MR) is 137 cm³/mol. The zero-order valence-corrected chi connectivity index (χ0v) is 20.6. The van der Waals surface area contributed by atoms with Gasteiger partial charge in [0.05, 0.1) is 7.98 Å². The van der Waals surface area contributed by atoms with Crippen LogP contribution in [-0.2, 0) is 11.3 Å². The molecule has 1 heterocycles. The van der Waals surface area contributed by atoms with Crippen LogP contribution >= 0.6 is 11.3 Å². The number of amides is 1. The van der Waals surface area contributed by atoms with Gasteiger partial charge < -0.3 is 14.7 Å². The number of hydrogen-bond donors (Lipinski definition) is 1. The molecule has 2 aromatic carbocycles. The molecular formula is C28H33NO4S. The van der Waals surface area contributed by atoms with Gasteiger partial charge in [0, 0.05) is 30.1 Å². The molecule has 0 aliphatic heterocycles. The van der Waals surface area contributed by atoms with Gasteiger partial charge in [-0.3, -0.25) is 9.59 Å². The average molecular weight is 481 g/mol. The molecule has 3 aromatic rings. The summed E-state index contributed by atoms with van der Waals surface area (Å²) >= 11 is 1.63. The van der Waals surface area contributed by atoms with Crippen molar-refractivity contribution in [3.8, 4) is 16.9 Å². The van der Waals surface area contributed by atoms with Crippen molar-refractivity contribution in [2.45, 2.75) is 58.5 Å². The predicted octanol–water partition coefficient (Wildman–Crippen LogP) is 6.88. The van der Waals surface area contributed by atoms with Crippen molar-refractivity contribution in [2.24, 2.45) is 0 Å². The minimum atomic E-state index is -1.09. The van der Waals surface area contributed by atoms with E-state index in [1.54, 1.807) is 23.2 Å². The van der Waals surface area contributed by atoms with Crippen molar-refractivity contribution in [3.63, 3.8) is 0 Å². The van der Waals surface area contributed by atoms with E-state index in [9.17, 15) is 9.59 Å². The second-order valence-electron chi connectivity index (χ2n) is 8.23. The van der Waals surface area contributed by atoms with Gasteiger partial charge in [-0.15, -0.1) is 0 Å². The van der Waals surface area contributed by atoms with Crippen LogP contribution in [-0.4, -0.2) is 34.5 Å². The van der Waals surface area contributed by atoms with Crippen molar-refractivity contribution in [3.05, 3.63) is 76.5 Å². The van der Waals surface area contributed by atoms with Gasteiger partial charge in [0.15, 0.2) is 0 Å². The fourth-order valence-corrected chi connectivity index (χ4v) is 4.31. The number of hydrogen-bond acceptors (Lipinski definition) is 4. The number of para-hydroxylation sites is 1. The van der Waals surface area contributed by atoms with E-state index in [1.165, 1.54) is 0 Å². The van der Waals surface area contributed by atoms with Gasteiger partial charge in [-0.05, 0) is 78.8 Å². The lowest BCUT2D eigenvalue weighted by Gasteiger charge is -2.29. The normalized spacial score (nSPS) is 13.1. The topological polar surface area (TPSA) is 66.8 Å². The van der Waals surface area contributed by atoms with Gasteiger partial charge >= 0.3 is 5.97 Å². The van der Waals surface area contributed by atoms with Crippen molar-refractivity contribution >= 4 is 23.2 Å². The van der Waals surface area contributed by atoms with Gasteiger partial charge in [0.2, 0.25) is 0 Å². The first-order chi connectivity index (χ1) is 16.8. The standard InChI is InChI=1S/C28H33NO4S/c1-3-21(2)29(28(32)23-14-12-22(13-15-23)25-16-18-34-20-25)19-24-9-6-7-10-26(24)33-17-8-4-5-11-27(30)31/h6-7,9-10,12-16,18,20-21H,3-5,8,11,17,19H2,1-2H3,(H,30,31)/i21D. The zero-order valence-electron chi connectivity index (χ0n) is 20.8. The van der Waals surface area contributed by atoms with Crippen LogP contribution in [0, 0.1) is 0 Å². The number of aliphatic carboxylic acids is 1. The molecule has 3 rings (SSSR count). The third kappa shape index (κ3) is 7.19. The van der Waals surface area contributed by atoms with Crippen LogP contribution in [0.4, 0.5) is 0 Å². The van der Waals surface area contributed by atoms with Gasteiger partial charge in [-0.1, -0.05) is 37.3 Å². The molecule has 0 spiro atoms. The fourth-order valence-electron chi connectivity index (χ4n) is 3.64. The maximum atomic E-state index is 13.6. The Morgan fingerprint density at radius 3 is 2.50 bits per heavy atom. The summed E-state index contributed by atoms with van der Waals surface area (Å²) in [5.41, 5.74) is 3.57. The SMILES string of the molecule is [2H]C(C)(CC)N(Cc1ccccc1OCCCCCC(=O)O)C(=O)c1ccc(-c2ccsc2)cc1. The first kappa shape index (κ1) is 24.0. The second kappa shape index (κ2) is 12.9. The number of carboxylic acids is 1. The Morgan fingerprint density at radius 1 is 1.06 bits per heavy atom. The molecule has 0 saturated heterocycles. The molecule has 34 heavy (non-hydrogen) atoms. The summed E-state index contributed by atoms with van der Waals surface area (Å²) in [6, 6.07) is 16.1. The van der Waals surface area contributed by atoms with Crippen molar-refractivity contribution < 1.29 is 20.8 Å². The largest absolute Gasteiger partial charge is 0.493 e. The number of benzene rings is 2. The number of thiophene rings is 1. The maximum Gasteiger partial charge on any atom is 0.303 e. The molecule has 180 valence electrons. The maximum absolute atomic E-state index is 13.6. The Labute approximate surface area is 207 Å². The summed E-state index contributed by atoms with van der Waals surface area (Å²) < 4.78 is 14.8. The van der Waals surface area contributed by atoms with E-state index >= 15 is 0 Å². The molecule has 1 atom stereocenters. The molecule has 0 saturated carbocycles. The van der Waals surface area contributed by atoms with Crippen molar-refractivity contribution in [1.29, 1.82) is 0 Å². The highest BCUT2D eigenvalue weighted by molar-refractivity contribution is 7.08. The van der Waals surface area contributed by atoms with E-state index < -0.39 is 12.0 Å². The van der Waals surface area contributed by atoms with Crippen LogP contribution < -0.4 is 4.74 Å². The van der Waals surface area contributed by atoms with Gasteiger partial charge in [-0.2, -0.15) is 11.3 Å². The Balaban J connectivity index is 1.73. The Bertz CT molecular complexity index is 1100. The molecule has 0 radical (unpaired) electrons. The number of unbranched alkanes of at least 4 members (excludes halogenated alkanes) is 2. The number of nitrogens with zero attached hydrogens (tertiary/aromatic N) is 1. The van der Waals surface area contributed by atoms with Crippen molar-refractivity contribution in [1.82, 2.24) is 4.90 Å². The van der Waals surface area contributed by atoms with Crippen LogP contribution in [0.5, 0.6) is 5.75 Å². The highest BCUT2D eigenvalue weighted by Crippen LogP contribution is 2.25. The van der Waals surface area contributed by atoms with Crippen molar-refractivity contribution in [2.75, 3.05) is 6.61 Å². The first-order valence-electron chi connectivity index (χ1n) is 12.2. The van der Waals surface area contributed by atoms with E-state index in [0.717, 1.165) is 29.5 Å². The minimum absolute atomic E-state index is 0.168. The van der Waals surface area contributed by atoms with Gasteiger partial charge in [0.1, 0.15) is 5.75 Å². The summed E-state index contributed by atoms with van der Waals surface area (Å²) in [6.45, 7) is 4.40. The summed E-state index contributed by atoms with van der Waals surface area (Å²) in [7, 11) is 0. The lowest BCUT2D eigenvalue weighted by molar-refractivity contribution is -0.137. The minimum Gasteiger partial charge on any atom is -0.493 e. The third-order valence-electron chi connectivity index (χ3n) is 5.80. The summed E-state index contributed by atoms with van der Waals surface area (Å²) in [4.78, 5) is 25.8. The smallest absolute Gasteiger partial charge is 0.303 e. The molecule has 6 heteroatoms. The van der Waals surface area contributed by atoms with Crippen LogP contribution in [0.1, 0.15) is 63.2 Å². The molecule has 0 aliphatic carbocycles. The van der Waals surface area contributed by atoms with E-state index in [-0.39, 0.29) is 18.9 Å². The summed E-state index contributed by atoms with van der Waals surface area (Å²) in [6.07, 6.45) is 2.81. The average Bonchev–Trinajstić information content (AvgIpc) is 3.40. The van der Waals surface area contributed by atoms with E-state index in [2.05, 4.69) is 11.4 Å². The molecule has 1 N–H and O–H groups in total. The second-order valence-corrected chi connectivity index (χ2v) is 9.01. The van der Waals surface area contributed by atoms with Gasteiger partial charge in [-0.25, -0.2) is 0 Å². The quantitative estimate of drug-likeness (QED) is 0.271. The Kier molecular flexibility index (Phi) is 9.14. The Hall–Kier alpha value is -3.12.